The first-order chi connectivity index (χ1) is 14.1. The van der Waals surface area contributed by atoms with Crippen LogP contribution in [0, 0.1) is 6.92 Å². The lowest BCUT2D eigenvalue weighted by molar-refractivity contribution is 0.462. The lowest BCUT2D eigenvalue weighted by atomic mass is 10.1. The van der Waals surface area contributed by atoms with Gasteiger partial charge < -0.3 is 15.5 Å². The molecule has 0 radical (unpaired) electrons. The van der Waals surface area contributed by atoms with Crippen LogP contribution in [0.2, 0.25) is 0 Å². The summed E-state index contributed by atoms with van der Waals surface area (Å²) in [5.74, 6) is 1.44. The average Bonchev–Trinajstić information content (AvgIpc) is 3.07. The van der Waals surface area contributed by atoms with Crippen LogP contribution in [0.5, 0.6) is 11.6 Å². The zero-order valence-electron chi connectivity index (χ0n) is 15.6. The van der Waals surface area contributed by atoms with E-state index in [4.69, 9.17) is 10.5 Å². The first-order valence-corrected chi connectivity index (χ1v) is 9.11. The van der Waals surface area contributed by atoms with Crippen molar-refractivity contribution in [3.05, 3.63) is 82.8 Å². The molecule has 5 aromatic rings. The van der Waals surface area contributed by atoms with Crippen LogP contribution in [-0.4, -0.2) is 19.7 Å². The largest absolute Gasteiger partial charge is 0.439 e. The van der Waals surface area contributed by atoms with Gasteiger partial charge in [0, 0.05) is 11.5 Å². The van der Waals surface area contributed by atoms with Crippen LogP contribution in [0.3, 0.4) is 0 Å². The van der Waals surface area contributed by atoms with E-state index in [-0.39, 0.29) is 11.4 Å². The molecule has 3 aromatic heterocycles. The predicted octanol–water partition coefficient (Wildman–Crippen LogP) is 3.94. The van der Waals surface area contributed by atoms with Crippen LogP contribution < -0.4 is 16.0 Å². The van der Waals surface area contributed by atoms with Gasteiger partial charge in [-0.05, 0) is 30.7 Å². The van der Waals surface area contributed by atoms with Crippen molar-refractivity contribution in [1.82, 2.24) is 19.7 Å². The molecule has 2 aromatic carbocycles. The molecule has 0 bridgehead atoms. The number of aromatic amines is 1. The zero-order chi connectivity index (χ0) is 20.0. The van der Waals surface area contributed by atoms with Crippen molar-refractivity contribution < 1.29 is 4.74 Å². The van der Waals surface area contributed by atoms with E-state index in [9.17, 15) is 4.79 Å². The van der Waals surface area contributed by atoms with E-state index in [2.05, 4.69) is 15.1 Å². The Labute approximate surface area is 165 Å². The third-order valence-electron chi connectivity index (χ3n) is 4.83. The minimum absolute atomic E-state index is 0.267. The molecule has 7 nitrogen and oxygen atoms in total. The number of pyridine rings is 2. The summed E-state index contributed by atoms with van der Waals surface area (Å²) in [5.41, 5.74) is 8.88. The van der Waals surface area contributed by atoms with E-state index in [1.165, 1.54) is 0 Å². The lowest BCUT2D eigenvalue weighted by Crippen LogP contribution is -2.09. The Hall–Kier alpha value is -4.13. The Bertz CT molecular complexity index is 1420. The molecule has 0 aliphatic heterocycles. The van der Waals surface area contributed by atoms with Crippen molar-refractivity contribution in [1.29, 1.82) is 0 Å². The highest BCUT2D eigenvalue weighted by Gasteiger charge is 2.18. The summed E-state index contributed by atoms with van der Waals surface area (Å²) in [5, 5.41) is 5.84. The van der Waals surface area contributed by atoms with Crippen molar-refractivity contribution in [2.24, 2.45) is 0 Å². The molecule has 29 heavy (non-hydrogen) atoms. The first-order valence-electron chi connectivity index (χ1n) is 9.11. The molecule has 3 N–H and O–H groups in total. The normalized spacial score (nSPS) is 11.2. The topological polar surface area (TPSA) is 98.8 Å². The van der Waals surface area contributed by atoms with Crippen LogP contribution in [0.25, 0.3) is 27.5 Å². The third kappa shape index (κ3) is 2.80. The number of aryl methyl sites for hydroxylation is 1. The number of para-hydroxylation sites is 2. The number of anilines is 1. The summed E-state index contributed by atoms with van der Waals surface area (Å²) in [7, 11) is 0. The van der Waals surface area contributed by atoms with E-state index in [1.807, 2.05) is 67.6 Å². The second-order valence-electron chi connectivity index (χ2n) is 6.74. The molecule has 5 rings (SSSR count). The number of nitrogens with zero attached hydrogens (tertiary/aromatic N) is 3. The standard InChI is InChI=1S/C22H17N5O2/c1-13-11-18(29-14-7-3-2-4-8-14)24-12-17(13)27-21(23)19-20(26-27)15-9-5-6-10-16(15)25-22(19)28/h2-12H,23H2,1H3,(H,25,28). The van der Waals surface area contributed by atoms with Crippen LogP contribution in [0.15, 0.2) is 71.7 Å². The highest BCUT2D eigenvalue weighted by molar-refractivity contribution is 6.06. The SMILES string of the molecule is Cc1cc(Oc2ccccc2)ncc1-n1nc2c(c1N)c(=O)[nH]c1ccccc12. The van der Waals surface area contributed by atoms with Gasteiger partial charge >= 0.3 is 0 Å². The van der Waals surface area contributed by atoms with Crippen LogP contribution in [0.1, 0.15) is 5.56 Å². The smallest absolute Gasteiger partial charge is 0.261 e. The van der Waals surface area contributed by atoms with Crippen molar-refractivity contribution >= 4 is 27.6 Å². The molecule has 0 amide bonds. The molecule has 0 atom stereocenters. The summed E-state index contributed by atoms with van der Waals surface area (Å²) in [4.78, 5) is 19.8. The van der Waals surface area contributed by atoms with Crippen molar-refractivity contribution in [3.8, 4) is 17.3 Å². The summed E-state index contributed by atoms with van der Waals surface area (Å²) >= 11 is 0. The molecular weight excluding hydrogens is 366 g/mol. The Morgan fingerprint density at radius 2 is 1.83 bits per heavy atom. The highest BCUT2D eigenvalue weighted by Crippen LogP contribution is 2.29. The minimum Gasteiger partial charge on any atom is -0.439 e. The average molecular weight is 383 g/mol. The van der Waals surface area contributed by atoms with Gasteiger partial charge in [-0.3, -0.25) is 4.79 Å². The van der Waals surface area contributed by atoms with Gasteiger partial charge in [0.2, 0.25) is 5.88 Å². The Balaban J connectivity index is 1.64. The Morgan fingerprint density at radius 1 is 1.07 bits per heavy atom. The van der Waals surface area contributed by atoms with Gasteiger partial charge in [-0.2, -0.15) is 5.10 Å². The van der Waals surface area contributed by atoms with E-state index >= 15 is 0 Å². The number of ether oxygens (including phenoxy) is 1. The first kappa shape index (κ1) is 17.0. The molecule has 0 saturated carbocycles. The molecule has 7 heteroatoms. The quantitative estimate of drug-likeness (QED) is 0.492. The van der Waals surface area contributed by atoms with Crippen molar-refractivity contribution in [2.45, 2.75) is 6.92 Å². The van der Waals surface area contributed by atoms with Gasteiger partial charge in [0.25, 0.3) is 5.56 Å². The van der Waals surface area contributed by atoms with E-state index in [0.29, 0.717) is 28.2 Å². The van der Waals surface area contributed by atoms with Crippen LogP contribution in [0.4, 0.5) is 5.82 Å². The summed E-state index contributed by atoms with van der Waals surface area (Å²) in [6.45, 7) is 1.92. The number of hydrogen-bond donors (Lipinski definition) is 2. The monoisotopic (exact) mass is 383 g/mol. The summed E-state index contributed by atoms with van der Waals surface area (Å²) in [6, 6.07) is 18.8. The predicted molar refractivity (Wildman–Crippen MR) is 113 cm³/mol. The number of nitrogens with two attached hydrogens (primary N) is 1. The van der Waals surface area contributed by atoms with E-state index in [0.717, 1.165) is 16.5 Å². The van der Waals surface area contributed by atoms with Gasteiger partial charge in [0.1, 0.15) is 22.5 Å². The number of aromatic nitrogens is 4. The lowest BCUT2D eigenvalue weighted by Gasteiger charge is -2.10. The van der Waals surface area contributed by atoms with Gasteiger partial charge in [-0.1, -0.05) is 36.4 Å². The van der Waals surface area contributed by atoms with Gasteiger partial charge in [-0.15, -0.1) is 0 Å². The number of nitrogens with one attached hydrogen (secondary N) is 1. The molecule has 3 heterocycles. The van der Waals surface area contributed by atoms with Gasteiger partial charge in [-0.25, -0.2) is 9.67 Å². The van der Waals surface area contributed by atoms with Crippen molar-refractivity contribution in [2.75, 3.05) is 5.73 Å². The summed E-state index contributed by atoms with van der Waals surface area (Å²) < 4.78 is 7.35. The number of hydrogen-bond acceptors (Lipinski definition) is 5. The second-order valence-corrected chi connectivity index (χ2v) is 6.74. The Kier molecular flexibility index (Phi) is 3.80. The maximum atomic E-state index is 12.6. The minimum atomic E-state index is -0.267. The molecule has 0 spiro atoms. The number of H-pyrrole nitrogens is 1. The number of fused-ring (bicyclic) bond motifs is 3. The highest BCUT2D eigenvalue weighted by atomic mass is 16.5. The zero-order valence-corrected chi connectivity index (χ0v) is 15.6. The van der Waals surface area contributed by atoms with Crippen molar-refractivity contribution in [3.63, 3.8) is 0 Å². The van der Waals surface area contributed by atoms with Crippen LogP contribution >= 0.6 is 0 Å². The van der Waals surface area contributed by atoms with Crippen LogP contribution in [-0.2, 0) is 0 Å². The third-order valence-corrected chi connectivity index (χ3v) is 4.83. The fourth-order valence-corrected chi connectivity index (χ4v) is 3.42. The number of benzene rings is 2. The van der Waals surface area contributed by atoms with E-state index in [1.54, 1.807) is 10.9 Å². The molecule has 0 fully saturated rings. The molecule has 142 valence electrons. The molecule has 0 aliphatic rings. The Morgan fingerprint density at radius 3 is 2.62 bits per heavy atom. The maximum Gasteiger partial charge on any atom is 0.261 e. The van der Waals surface area contributed by atoms with Gasteiger partial charge in [0.05, 0.1) is 17.4 Å². The fraction of sp³-hybridized carbons (Fsp3) is 0.0455. The number of rotatable bonds is 3. The second kappa shape index (κ2) is 6.49. The molecule has 0 saturated heterocycles. The molecule has 0 unspecified atom stereocenters. The van der Waals surface area contributed by atoms with E-state index < -0.39 is 0 Å². The van der Waals surface area contributed by atoms with Gasteiger partial charge in [0.15, 0.2) is 0 Å². The molecular formula is C22H17N5O2. The molecule has 0 aliphatic carbocycles. The number of nitrogen functional groups attached to an aromatic ring is 1. The maximum absolute atomic E-state index is 12.6. The summed E-state index contributed by atoms with van der Waals surface area (Å²) in [6.07, 6.45) is 1.65. The fourth-order valence-electron chi connectivity index (χ4n) is 3.42.